The molecule has 2 heterocycles. The van der Waals surface area contributed by atoms with Gasteiger partial charge in [0.1, 0.15) is 15.7 Å². The Bertz CT molecular complexity index is 1170. The molecule has 0 radical (unpaired) electrons. The van der Waals surface area contributed by atoms with Gasteiger partial charge in [0.15, 0.2) is 0 Å². The van der Waals surface area contributed by atoms with Gasteiger partial charge in [0, 0.05) is 25.4 Å². The summed E-state index contributed by atoms with van der Waals surface area (Å²) in [5.74, 6) is 0.0169. The van der Waals surface area contributed by atoms with E-state index in [0.717, 1.165) is 15.6 Å². The van der Waals surface area contributed by atoms with Crippen LogP contribution in [-0.4, -0.2) is 47.5 Å². The fourth-order valence-corrected chi connectivity index (χ4v) is 5.58. The lowest BCUT2D eigenvalue weighted by Gasteiger charge is -2.08. The van der Waals surface area contributed by atoms with Crippen LogP contribution in [0.2, 0.25) is 10.0 Å². The molecule has 0 aliphatic carbocycles. The minimum Gasteiger partial charge on any atom is -0.344 e. The molecule has 0 bridgehead atoms. The standard InChI is InChI=1S/C18H19Cl2N5O3S2/c1-4-14-22-17(23-25(14)16-12(19)6-5-7-13(16)20)18(26)21-10-11-8-9-15(29-11)30(27,28)24(2)3/h5-9H,4,10H2,1-3H3,(H,21,26). The molecule has 3 aromatic rings. The molecule has 0 aliphatic rings. The average Bonchev–Trinajstić information content (AvgIpc) is 3.33. The van der Waals surface area contributed by atoms with Gasteiger partial charge in [-0.1, -0.05) is 36.2 Å². The molecular formula is C18H19Cl2N5O3S2. The number of nitrogens with one attached hydrogen (secondary N) is 1. The van der Waals surface area contributed by atoms with Gasteiger partial charge in [-0.15, -0.1) is 16.4 Å². The van der Waals surface area contributed by atoms with Crippen LogP contribution in [0.3, 0.4) is 0 Å². The highest BCUT2D eigenvalue weighted by molar-refractivity contribution is 7.91. The van der Waals surface area contributed by atoms with Gasteiger partial charge in [0.25, 0.3) is 15.9 Å². The molecule has 160 valence electrons. The highest BCUT2D eigenvalue weighted by Crippen LogP contribution is 2.29. The Morgan fingerprint density at radius 1 is 1.20 bits per heavy atom. The Kier molecular flexibility index (Phi) is 6.83. The third-order valence-electron chi connectivity index (χ3n) is 4.14. The molecule has 1 aromatic carbocycles. The first-order valence-corrected chi connectivity index (χ1v) is 11.9. The van der Waals surface area contributed by atoms with Crippen LogP contribution >= 0.6 is 34.5 Å². The number of hydrogen-bond donors (Lipinski definition) is 1. The largest absolute Gasteiger partial charge is 0.344 e. The number of carbonyl (C=O) groups excluding carboxylic acids is 1. The summed E-state index contributed by atoms with van der Waals surface area (Å²) in [4.78, 5) is 17.6. The Morgan fingerprint density at radius 2 is 1.87 bits per heavy atom. The van der Waals surface area contributed by atoms with Crippen LogP contribution in [0.5, 0.6) is 0 Å². The van der Waals surface area contributed by atoms with E-state index in [4.69, 9.17) is 23.2 Å². The first-order chi connectivity index (χ1) is 14.1. The zero-order valence-electron chi connectivity index (χ0n) is 16.4. The number of aromatic nitrogens is 3. The van der Waals surface area contributed by atoms with Crippen LogP contribution in [0.4, 0.5) is 0 Å². The average molecular weight is 488 g/mol. The fraction of sp³-hybridized carbons (Fsp3) is 0.278. The highest BCUT2D eigenvalue weighted by atomic mass is 35.5. The van der Waals surface area contributed by atoms with E-state index in [1.165, 1.54) is 24.8 Å². The number of nitrogens with zero attached hydrogens (tertiary/aromatic N) is 4. The first kappa shape index (κ1) is 22.7. The molecule has 0 unspecified atom stereocenters. The summed E-state index contributed by atoms with van der Waals surface area (Å²) < 4.78 is 27.2. The Balaban J connectivity index is 1.79. The molecule has 12 heteroatoms. The van der Waals surface area contributed by atoms with Gasteiger partial charge in [-0.25, -0.2) is 22.4 Å². The number of amides is 1. The minimum atomic E-state index is -3.51. The van der Waals surface area contributed by atoms with Crippen molar-refractivity contribution in [3.63, 3.8) is 0 Å². The lowest BCUT2D eigenvalue weighted by Crippen LogP contribution is -2.24. The van der Waals surface area contributed by atoms with E-state index in [1.54, 1.807) is 24.3 Å². The lowest BCUT2D eigenvalue weighted by atomic mass is 10.3. The maximum Gasteiger partial charge on any atom is 0.291 e. The molecule has 2 aromatic heterocycles. The normalized spacial score (nSPS) is 11.8. The van der Waals surface area contributed by atoms with Crippen molar-refractivity contribution in [3.05, 3.63) is 56.9 Å². The van der Waals surface area contributed by atoms with Crippen molar-refractivity contribution >= 4 is 50.5 Å². The molecule has 8 nitrogen and oxygen atoms in total. The second-order valence-corrected chi connectivity index (χ2v) is 10.7. The van der Waals surface area contributed by atoms with Crippen LogP contribution in [0, 0.1) is 0 Å². The van der Waals surface area contributed by atoms with Crippen LogP contribution in [0.15, 0.2) is 34.5 Å². The van der Waals surface area contributed by atoms with Crippen molar-refractivity contribution in [2.24, 2.45) is 0 Å². The third kappa shape index (κ3) is 4.52. The number of rotatable bonds is 7. The van der Waals surface area contributed by atoms with E-state index in [1.807, 2.05) is 6.92 Å². The predicted octanol–water partition coefficient (Wildman–Crippen LogP) is 3.38. The zero-order chi connectivity index (χ0) is 22.1. The van der Waals surface area contributed by atoms with Crippen molar-refractivity contribution < 1.29 is 13.2 Å². The van der Waals surface area contributed by atoms with Crippen molar-refractivity contribution in [2.75, 3.05) is 14.1 Å². The highest BCUT2D eigenvalue weighted by Gasteiger charge is 2.21. The van der Waals surface area contributed by atoms with Crippen LogP contribution in [-0.2, 0) is 23.0 Å². The summed E-state index contributed by atoms with van der Waals surface area (Å²) >= 11 is 13.6. The second-order valence-electron chi connectivity index (χ2n) is 6.38. The van der Waals surface area contributed by atoms with Gasteiger partial charge in [-0.3, -0.25) is 4.79 Å². The van der Waals surface area contributed by atoms with E-state index in [-0.39, 0.29) is 16.6 Å². The summed E-state index contributed by atoms with van der Waals surface area (Å²) in [7, 11) is -0.571. The molecule has 0 fully saturated rings. The van der Waals surface area contributed by atoms with Gasteiger partial charge >= 0.3 is 0 Å². The molecule has 1 N–H and O–H groups in total. The summed E-state index contributed by atoms with van der Waals surface area (Å²) in [5.41, 5.74) is 0.459. The summed E-state index contributed by atoms with van der Waals surface area (Å²) in [6.45, 7) is 2.03. The number of halogens is 2. The number of thiophene rings is 1. The molecule has 0 saturated heterocycles. The minimum absolute atomic E-state index is 0.0273. The van der Waals surface area contributed by atoms with Crippen molar-refractivity contribution in [3.8, 4) is 5.69 Å². The molecule has 0 saturated carbocycles. The molecule has 0 spiro atoms. The first-order valence-electron chi connectivity index (χ1n) is 8.85. The number of sulfonamides is 1. The van der Waals surface area contributed by atoms with Crippen LogP contribution in [0.1, 0.15) is 28.2 Å². The zero-order valence-corrected chi connectivity index (χ0v) is 19.5. The van der Waals surface area contributed by atoms with Gasteiger partial charge in [-0.2, -0.15) is 0 Å². The van der Waals surface area contributed by atoms with E-state index in [2.05, 4.69) is 15.4 Å². The van der Waals surface area contributed by atoms with Crippen LogP contribution < -0.4 is 5.32 Å². The van der Waals surface area contributed by atoms with Gasteiger partial charge < -0.3 is 5.32 Å². The lowest BCUT2D eigenvalue weighted by molar-refractivity contribution is 0.0941. The van der Waals surface area contributed by atoms with E-state index >= 15 is 0 Å². The van der Waals surface area contributed by atoms with Crippen LogP contribution in [0.25, 0.3) is 5.69 Å². The quantitative estimate of drug-likeness (QED) is 0.550. The summed E-state index contributed by atoms with van der Waals surface area (Å²) in [6, 6.07) is 8.26. The molecule has 0 aliphatic heterocycles. The van der Waals surface area contributed by atoms with Gasteiger partial charge in [0.05, 0.1) is 16.6 Å². The molecule has 0 atom stereocenters. The Morgan fingerprint density at radius 3 is 2.47 bits per heavy atom. The second kappa shape index (κ2) is 9.03. The summed E-state index contributed by atoms with van der Waals surface area (Å²) in [5, 5.41) is 7.77. The maximum absolute atomic E-state index is 12.6. The Hall–Kier alpha value is -1.98. The number of benzene rings is 1. The molecular weight excluding hydrogens is 469 g/mol. The smallest absolute Gasteiger partial charge is 0.291 e. The van der Waals surface area contributed by atoms with Crippen molar-refractivity contribution in [1.29, 1.82) is 0 Å². The Labute approximate surface area is 188 Å². The molecule has 3 rings (SSSR count). The molecule has 30 heavy (non-hydrogen) atoms. The maximum atomic E-state index is 12.6. The van der Waals surface area contributed by atoms with Crippen molar-refractivity contribution in [2.45, 2.75) is 24.1 Å². The predicted molar refractivity (Wildman–Crippen MR) is 117 cm³/mol. The van der Waals surface area contributed by atoms with E-state index < -0.39 is 15.9 Å². The number of carbonyl (C=O) groups is 1. The number of hydrogen-bond acceptors (Lipinski definition) is 6. The summed E-state index contributed by atoms with van der Waals surface area (Å²) in [6.07, 6.45) is 0.512. The molecule has 1 amide bonds. The van der Waals surface area contributed by atoms with Gasteiger partial charge in [-0.05, 0) is 24.3 Å². The monoisotopic (exact) mass is 487 g/mol. The number of aryl methyl sites for hydroxylation is 1. The number of para-hydroxylation sites is 1. The SMILES string of the molecule is CCc1nc(C(=O)NCc2ccc(S(=O)(=O)N(C)C)s2)nn1-c1c(Cl)cccc1Cl. The van der Waals surface area contributed by atoms with Gasteiger partial charge in [0.2, 0.25) is 5.82 Å². The topological polar surface area (TPSA) is 97.2 Å². The van der Waals surface area contributed by atoms with E-state index in [9.17, 15) is 13.2 Å². The fourth-order valence-electron chi connectivity index (χ4n) is 2.56. The third-order valence-corrected chi connectivity index (χ3v) is 8.12. The van der Waals surface area contributed by atoms with E-state index in [0.29, 0.717) is 32.9 Å². The van der Waals surface area contributed by atoms with Crippen molar-refractivity contribution in [1.82, 2.24) is 24.4 Å².